The van der Waals surface area contributed by atoms with Crippen molar-refractivity contribution in [3.63, 3.8) is 0 Å². The highest BCUT2D eigenvalue weighted by Gasteiger charge is 2.08. The molecule has 0 bridgehead atoms. The molecule has 0 saturated heterocycles. The second-order valence-electron chi connectivity index (χ2n) is 4.14. The van der Waals surface area contributed by atoms with E-state index in [0.29, 0.717) is 12.3 Å². The van der Waals surface area contributed by atoms with E-state index in [1.54, 1.807) is 11.3 Å². The van der Waals surface area contributed by atoms with Crippen LogP contribution in [0.2, 0.25) is 0 Å². The Labute approximate surface area is 108 Å². The zero-order valence-corrected chi connectivity index (χ0v) is 11.9. The largest absolute Gasteiger partial charge is 0.315 e. The predicted octanol–water partition coefficient (Wildman–Crippen LogP) is 2.10. The van der Waals surface area contributed by atoms with Crippen LogP contribution in [0.15, 0.2) is 16.8 Å². The van der Waals surface area contributed by atoms with Crippen LogP contribution in [-0.2, 0) is 16.3 Å². The lowest BCUT2D eigenvalue weighted by Crippen LogP contribution is -2.26. The standard InChI is InChI=1S/C12H21NO2S2/c1-2-3-9-17(14,15)10-7-13-6-4-12-5-8-16-11-12/h5,8,11,13H,2-4,6-7,9-10H2,1H3. The monoisotopic (exact) mass is 275 g/mol. The van der Waals surface area contributed by atoms with Crippen molar-refractivity contribution in [1.29, 1.82) is 0 Å². The van der Waals surface area contributed by atoms with E-state index in [1.165, 1.54) is 5.56 Å². The van der Waals surface area contributed by atoms with Crippen LogP contribution in [0.3, 0.4) is 0 Å². The van der Waals surface area contributed by atoms with Gasteiger partial charge in [-0.1, -0.05) is 13.3 Å². The molecule has 0 spiro atoms. The van der Waals surface area contributed by atoms with Crippen LogP contribution in [0.1, 0.15) is 25.3 Å². The van der Waals surface area contributed by atoms with Gasteiger partial charge in [0.05, 0.1) is 11.5 Å². The number of nitrogens with one attached hydrogen (secondary N) is 1. The molecule has 0 aromatic carbocycles. The van der Waals surface area contributed by atoms with E-state index in [9.17, 15) is 8.42 Å². The van der Waals surface area contributed by atoms with Crippen molar-refractivity contribution in [1.82, 2.24) is 5.32 Å². The Hall–Kier alpha value is -0.390. The van der Waals surface area contributed by atoms with Gasteiger partial charge in [-0.15, -0.1) is 0 Å². The maximum absolute atomic E-state index is 11.5. The number of sulfone groups is 1. The SMILES string of the molecule is CCCCS(=O)(=O)CCNCCc1ccsc1. The Morgan fingerprint density at radius 2 is 2.12 bits per heavy atom. The molecule has 0 aliphatic rings. The molecule has 0 aliphatic heterocycles. The van der Waals surface area contributed by atoms with Gasteiger partial charge in [0.1, 0.15) is 0 Å². The van der Waals surface area contributed by atoms with Crippen LogP contribution in [0.25, 0.3) is 0 Å². The second-order valence-corrected chi connectivity index (χ2v) is 7.22. The van der Waals surface area contributed by atoms with E-state index < -0.39 is 9.84 Å². The molecular weight excluding hydrogens is 254 g/mol. The Morgan fingerprint density at radius 3 is 2.76 bits per heavy atom. The fraction of sp³-hybridized carbons (Fsp3) is 0.667. The van der Waals surface area contributed by atoms with Gasteiger partial charge in [0.2, 0.25) is 0 Å². The lowest BCUT2D eigenvalue weighted by atomic mass is 10.2. The number of hydrogen-bond donors (Lipinski definition) is 1. The van der Waals surface area contributed by atoms with Crippen LogP contribution in [0.4, 0.5) is 0 Å². The second kappa shape index (κ2) is 7.84. The quantitative estimate of drug-likeness (QED) is 0.702. The highest BCUT2D eigenvalue weighted by Crippen LogP contribution is 2.05. The Balaban J connectivity index is 2.07. The smallest absolute Gasteiger partial charge is 0.151 e. The van der Waals surface area contributed by atoms with Gasteiger partial charge in [-0.2, -0.15) is 11.3 Å². The molecule has 0 saturated carbocycles. The van der Waals surface area contributed by atoms with E-state index >= 15 is 0 Å². The molecule has 1 heterocycles. The van der Waals surface area contributed by atoms with Crippen LogP contribution in [-0.4, -0.2) is 33.0 Å². The first-order chi connectivity index (χ1) is 8.14. The molecule has 5 heteroatoms. The van der Waals surface area contributed by atoms with Gasteiger partial charge in [-0.25, -0.2) is 8.42 Å². The first-order valence-corrected chi connectivity index (χ1v) is 8.82. The molecule has 98 valence electrons. The van der Waals surface area contributed by atoms with Gasteiger partial charge in [0.25, 0.3) is 0 Å². The van der Waals surface area contributed by atoms with E-state index in [0.717, 1.165) is 25.8 Å². The van der Waals surface area contributed by atoms with Crippen molar-refractivity contribution in [3.05, 3.63) is 22.4 Å². The summed E-state index contributed by atoms with van der Waals surface area (Å²) in [6, 6.07) is 2.10. The zero-order chi connectivity index (χ0) is 12.6. The van der Waals surface area contributed by atoms with Crippen molar-refractivity contribution >= 4 is 21.2 Å². The lowest BCUT2D eigenvalue weighted by Gasteiger charge is -2.05. The first kappa shape index (κ1) is 14.7. The molecule has 1 N–H and O–H groups in total. The third-order valence-corrected chi connectivity index (χ3v) is 5.04. The summed E-state index contributed by atoms with van der Waals surface area (Å²) in [6.45, 7) is 3.42. The van der Waals surface area contributed by atoms with Gasteiger partial charge in [-0.3, -0.25) is 0 Å². The minimum absolute atomic E-state index is 0.261. The van der Waals surface area contributed by atoms with Crippen molar-refractivity contribution in [2.24, 2.45) is 0 Å². The van der Waals surface area contributed by atoms with Gasteiger partial charge in [-0.05, 0) is 41.8 Å². The van der Waals surface area contributed by atoms with E-state index in [2.05, 4.69) is 22.1 Å². The summed E-state index contributed by atoms with van der Waals surface area (Å²) >= 11 is 1.69. The van der Waals surface area contributed by atoms with Gasteiger partial charge >= 0.3 is 0 Å². The predicted molar refractivity (Wildman–Crippen MR) is 74.5 cm³/mol. The van der Waals surface area contributed by atoms with Gasteiger partial charge in [0, 0.05) is 6.54 Å². The zero-order valence-electron chi connectivity index (χ0n) is 10.3. The topological polar surface area (TPSA) is 46.2 Å². The molecule has 3 nitrogen and oxygen atoms in total. The fourth-order valence-electron chi connectivity index (χ4n) is 1.49. The minimum Gasteiger partial charge on any atom is -0.315 e. The van der Waals surface area contributed by atoms with Crippen molar-refractivity contribution < 1.29 is 8.42 Å². The fourth-order valence-corrected chi connectivity index (χ4v) is 3.58. The van der Waals surface area contributed by atoms with Crippen LogP contribution >= 0.6 is 11.3 Å². The molecule has 17 heavy (non-hydrogen) atoms. The molecule has 0 amide bonds. The molecule has 0 unspecified atom stereocenters. The maximum atomic E-state index is 11.5. The van der Waals surface area contributed by atoms with Crippen LogP contribution in [0.5, 0.6) is 0 Å². The number of rotatable bonds is 9. The molecule has 0 fully saturated rings. The summed E-state index contributed by atoms with van der Waals surface area (Å²) in [5, 5.41) is 7.37. The Kier molecular flexibility index (Phi) is 6.77. The minimum atomic E-state index is -2.84. The van der Waals surface area contributed by atoms with Crippen molar-refractivity contribution in [2.45, 2.75) is 26.2 Å². The highest BCUT2D eigenvalue weighted by atomic mass is 32.2. The molecule has 1 rings (SSSR count). The third kappa shape index (κ3) is 6.81. The highest BCUT2D eigenvalue weighted by molar-refractivity contribution is 7.91. The first-order valence-electron chi connectivity index (χ1n) is 6.06. The van der Waals surface area contributed by atoms with E-state index in [-0.39, 0.29) is 5.75 Å². The average Bonchev–Trinajstić information content (AvgIpc) is 2.79. The molecular formula is C12H21NO2S2. The third-order valence-electron chi connectivity index (χ3n) is 2.57. The van der Waals surface area contributed by atoms with Crippen LogP contribution in [0, 0.1) is 0 Å². The number of thiophene rings is 1. The summed E-state index contributed by atoms with van der Waals surface area (Å²) in [6.07, 6.45) is 2.68. The summed E-state index contributed by atoms with van der Waals surface area (Å²) in [4.78, 5) is 0. The van der Waals surface area contributed by atoms with Crippen molar-refractivity contribution in [3.8, 4) is 0 Å². The molecule has 0 radical (unpaired) electrons. The number of hydrogen-bond acceptors (Lipinski definition) is 4. The summed E-state index contributed by atoms with van der Waals surface area (Å²) in [5.74, 6) is 0.590. The molecule has 1 aromatic heterocycles. The van der Waals surface area contributed by atoms with Gasteiger partial charge < -0.3 is 5.32 Å². The Bertz CT molecular complexity index is 385. The summed E-state index contributed by atoms with van der Waals surface area (Å²) < 4.78 is 23.1. The van der Waals surface area contributed by atoms with Crippen molar-refractivity contribution in [2.75, 3.05) is 24.6 Å². The summed E-state index contributed by atoms with van der Waals surface area (Å²) in [7, 11) is -2.84. The normalized spacial score (nSPS) is 11.8. The van der Waals surface area contributed by atoms with E-state index in [1.807, 2.05) is 6.92 Å². The number of unbranched alkanes of at least 4 members (excludes halogenated alkanes) is 1. The van der Waals surface area contributed by atoms with Gasteiger partial charge in [0.15, 0.2) is 9.84 Å². The van der Waals surface area contributed by atoms with E-state index in [4.69, 9.17) is 0 Å². The molecule has 0 atom stereocenters. The molecule has 1 aromatic rings. The maximum Gasteiger partial charge on any atom is 0.151 e. The lowest BCUT2D eigenvalue weighted by molar-refractivity contribution is 0.587. The van der Waals surface area contributed by atoms with Crippen LogP contribution < -0.4 is 5.32 Å². The average molecular weight is 275 g/mol. The molecule has 0 aliphatic carbocycles. The Morgan fingerprint density at radius 1 is 1.29 bits per heavy atom. The summed E-state index contributed by atoms with van der Waals surface area (Å²) in [5.41, 5.74) is 1.32.